The van der Waals surface area contributed by atoms with Crippen LogP contribution in [0.2, 0.25) is 0 Å². The highest BCUT2D eigenvalue weighted by molar-refractivity contribution is 6.22. The van der Waals surface area contributed by atoms with Gasteiger partial charge in [-0.25, -0.2) is 0 Å². The van der Waals surface area contributed by atoms with E-state index in [4.69, 9.17) is 6.42 Å². The second-order valence-electron chi connectivity index (χ2n) is 4.85. The number of fused-ring (bicyclic) bond motifs is 1. The molecular formula is C15H13NO2. The van der Waals surface area contributed by atoms with Gasteiger partial charge in [0.1, 0.15) is 0 Å². The molecule has 0 spiro atoms. The lowest BCUT2D eigenvalue weighted by atomic mass is 10.00. The summed E-state index contributed by atoms with van der Waals surface area (Å²) in [5, 5.41) is 0. The predicted molar refractivity (Wildman–Crippen MR) is 67.7 cm³/mol. The Bertz CT molecular complexity index is 548. The number of amides is 2. The molecule has 1 saturated carbocycles. The topological polar surface area (TPSA) is 37.4 Å². The molecule has 2 unspecified atom stereocenters. The summed E-state index contributed by atoms with van der Waals surface area (Å²) in [7, 11) is 0. The zero-order valence-corrected chi connectivity index (χ0v) is 9.93. The van der Waals surface area contributed by atoms with Crippen molar-refractivity contribution in [1.82, 2.24) is 0 Å². The zero-order valence-electron chi connectivity index (χ0n) is 9.93. The highest BCUT2D eigenvalue weighted by Crippen LogP contribution is 2.41. The van der Waals surface area contributed by atoms with E-state index < -0.39 is 0 Å². The molecule has 0 bridgehead atoms. The van der Waals surface area contributed by atoms with E-state index in [1.165, 1.54) is 4.90 Å². The Morgan fingerprint density at radius 2 is 1.83 bits per heavy atom. The predicted octanol–water partition coefficient (Wildman–Crippen LogP) is 1.96. The lowest BCUT2D eigenvalue weighted by molar-refractivity contribution is -0.122. The summed E-state index contributed by atoms with van der Waals surface area (Å²) in [5.41, 5.74) is 1.29. The van der Waals surface area contributed by atoms with Gasteiger partial charge in [-0.3, -0.25) is 14.5 Å². The van der Waals surface area contributed by atoms with Crippen LogP contribution in [0.5, 0.6) is 0 Å². The van der Waals surface area contributed by atoms with Crippen molar-refractivity contribution < 1.29 is 9.59 Å². The van der Waals surface area contributed by atoms with Crippen molar-refractivity contribution >= 4 is 17.5 Å². The average Bonchev–Trinajstić information content (AvgIpc) is 2.95. The van der Waals surface area contributed by atoms with E-state index in [1.54, 1.807) is 24.3 Å². The molecule has 1 aromatic rings. The Balaban J connectivity index is 2.00. The first-order chi connectivity index (χ1) is 8.72. The van der Waals surface area contributed by atoms with Gasteiger partial charge in [0.2, 0.25) is 11.8 Å². The van der Waals surface area contributed by atoms with E-state index in [1.807, 2.05) is 0 Å². The van der Waals surface area contributed by atoms with Gasteiger partial charge in [0, 0.05) is 5.56 Å². The number of rotatable bonds is 1. The molecule has 1 saturated heterocycles. The molecule has 2 amide bonds. The van der Waals surface area contributed by atoms with E-state index >= 15 is 0 Å². The van der Waals surface area contributed by atoms with Gasteiger partial charge in [-0.1, -0.05) is 18.4 Å². The number of hydrogen-bond acceptors (Lipinski definition) is 2. The molecule has 2 aliphatic rings. The fourth-order valence-corrected chi connectivity index (χ4v) is 2.98. The Morgan fingerprint density at radius 1 is 1.17 bits per heavy atom. The summed E-state index contributed by atoms with van der Waals surface area (Å²) in [6, 6.07) is 7.04. The summed E-state index contributed by atoms with van der Waals surface area (Å²) >= 11 is 0. The second kappa shape index (κ2) is 3.99. The maximum absolute atomic E-state index is 12.3. The summed E-state index contributed by atoms with van der Waals surface area (Å²) in [6.07, 6.45) is 7.99. The maximum Gasteiger partial charge on any atom is 0.237 e. The quantitative estimate of drug-likeness (QED) is 0.555. The van der Waals surface area contributed by atoms with Gasteiger partial charge < -0.3 is 0 Å². The van der Waals surface area contributed by atoms with Crippen molar-refractivity contribution in [3.63, 3.8) is 0 Å². The third-order valence-corrected chi connectivity index (χ3v) is 3.86. The third-order valence-electron chi connectivity index (χ3n) is 3.86. The van der Waals surface area contributed by atoms with E-state index in [2.05, 4.69) is 5.92 Å². The minimum Gasteiger partial charge on any atom is -0.274 e. The van der Waals surface area contributed by atoms with Crippen LogP contribution >= 0.6 is 0 Å². The summed E-state index contributed by atoms with van der Waals surface area (Å²) in [5.74, 6) is 2.20. The second-order valence-corrected chi connectivity index (χ2v) is 4.85. The number of carbonyl (C=O) groups excluding carboxylic acids is 2. The zero-order chi connectivity index (χ0) is 12.7. The molecule has 1 aliphatic carbocycles. The van der Waals surface area contributed by atoms with Crippen molar-refractivity contribution in [3.05, 3.63) is 29.8 Å². The Labute approximate surface area is 106 Å². The normalized spacial score (nSPS) is 26.3. The average molecular weight is 239 g/mol. The molecule has 2 fully saturated rings. The molecule has 90 valence electrons. The van der Waals surface area contributed by atoms with Crippen LogP contribution in [0.15, 0.2) is 24.3 Å². The minimum atomic E-state index is -0.105. The largest absolute Gasteiger partial charge is 0.274 e. The number of nitrogens with zero attached hydrogens (tertiary/aromatic N) is 1. The summed E-state index contributed by atoms with van der Waals surface area (Å²) < 4.78 is 0. The maximum atomic E-state index is 12.3. The monoisotopic (exact) mass is 239 g/mol. The molecule has 3 heteroatoms. The van der Waals surface area contributed by atoms with E-state index in [0.29, 0.717) is 11.3 Å². The van der Waals surface area contributed by atoms with E-state index in [-0.39, 0.29) is 23.7 Å². The standard InChI is InChI=1S/C15H13NO2/c1-2-10-5-3-6-11(9-10)16-14(17)12-7-4-8-13(12)15(16)18/h1,3,5-6,9,12-13H,4,7-8H2. The van der Waals surface area contributed by atoms with Crippen LogP contribution < -0.4 is 4.90 Å². The van der Waals surface area contributed by atoms with Crippen LogP contribution in [0.4, 0.5) is 5.69 Å². The van der Waals surface area contributed by atoms with Crippen LogP contribution in [-0.4, -0.2) is 11.8 Å². The molecule has 1 heterocycles. The van der Waals surface area contributed by atoms with Gasteiger partial charge in [0.05, 0.1) is 17.5 Å². The molecule has 0 aromatic heterocycles. The van der Waals surface area contributed by atoms with Crippen LogP contribution in [0.3, 0.4) is 0 Å². The molecule has 0 radical (unpaired) electrons. The number of carbonyl (C=O) groups is 2. The number of imide groups is 1. The van der Waals surface area contributed by atoms with Crippen LogP contribution in [0.1, 0.15) is 24.8 Å². The first-order valence-electron chi connectivity index (χ1n) is 6.17. The first kappa shape index (κ1) is 11.0. The van der Waals surface area contributed by atoms with Crippen LogP contribution in [0.25, 0.3) is 0 Å². The van der Waals surface area contributed by atoms with Gasteiger partial charge in [-0.05, 0) is 31.0 Å². The molecule has 1 aliphatic heterocycles. The lowest BCUT2D eigenvalue weighted by Gasteiger charge is -2.16. The molecule has 18 heavy (non-hydrogen) atoms. The van der Waals surface area contributed by atoms with Crippen LogP contribution in [0, 0.1) is 24.2 Å². The van der Waals surface area contributed by atoms with Crippen molar-refractivity contribution in [3.8, 4) is 12.3 Å². The van der Waals surface area contributed by atoms with E-state index in [9.17, 15) is 9.59 Å². The Morgan fingerprint density at radius 3 is 2.44 bits per heavy atom. The summed E-state index contributed by atoms with van der Waals surface area (Å²) in [4.78, 5) is 25.8. The van der Waals surface area contributed by atoms with Gasteiger partial charge in [-0.2, -0.15) is 0 Å². The Hall–Kier alpha value is -2.08. The molecule has 1 aromatic carbocycles. The Kier molecular flexibility index (Phi) is 2.45. The third kappa shape index (κ3) is 1.46. The van der Waals surface area contributed by atoms with Crippen molar-refractivity contribution in [2.24, 2.45) is 11.8 Å². The molecular weight excluding hydrogens is 226 g/mol. The van der Waals surface area contributed by atoms with Crippen molar-refractivity contribution in [2.45, 2.75) is 19.3 Å². The number of benzene rings is 1. The smallest absolute Gasteiger partial charge is 0.237 e. The number of terminal acetylenes is 1. The number of anilines is 1. The minimum absolute atomic E-state index is 0.0586. The molecule has 0 N–H and O–H groups in total. The highest BCUT2D eigenvalue weighted by Gasteiger charge is 2.50. The lowest BCUT2D eigenvalue weighted by Crippen LogP contribution is -2.31. The summed E-state index contributed by atoms with van der Waals surface area (Å²) in [6.45, 7) is 0. The fourth-order valence-electron chi connectivity index (χ4n) is 2.98. The first-order valence-corrected chi connectivity index (χ1v) is 6.17. The molecule has 2 atom stereocenters. The van der Waals surface area contributed by atoms with Gasteiger partial charge in [0.25, 0.3) is 0 Å². The van der Waals surface area contributed by atoms with Gasteiger partial charge in [-0.15, -0.1) is 6.42 Å². The molecule has 3 rings (SSSR count). The molecule has 3 nitrogen and oxygen atoms in total. The highest BCUT2D eigenvalue weighted by atomic mass is 16.2. The van der Waals surface area contributed by atoms with Gasteiger partial charge in [0.15, 0.2) is 0 Å². The van der Waals surface area contributed by atoms with Crippen LogP contribution in [-0.2, 0) is 9.59 Å². The fraction of sp³-hybridized carbons (Fsp3) is 0.333. The number of hydrogen-bond donors (Lipinski definition) is 0. The van der Waals surface area contributed by atoms with Crippen molar-refractivity contribution in [1.29, 1.82) is 0 Å². The van der Waals surface area contributed by atoms with E-state index in [0.717, 1.165) is 19.3 Å². The van der Waals surface area contributed by atoms with Gasteiger partial charge >= 0.3 is 0 Å². The van der Waals surface area contributed by atoms with Crippen molar-refractivity contribution in [2.75, 3.05) is 4.90 Å². The SMILES string of the molecule is C#Cc1cccc(N2C(=O)C3CCCC3C2=O)c1.